The van der Waals surface area contributed by atoms with Crippen LogP contribution in [-0.2, 0) is 15.5 Å². The lowest BCUT2D eigenvalue weighted by molar-refractivity contribution is 0.257. The van der Waals surface area contributed by atoms with Crippen LogP contribution in [0.2, 0.25) is 0 Å². The average Bonchev–Trinajstić information content (AvgIpc) is 2.65. The summed E-state index contributed by atoms with van der Waals surface area (Å²) < 4.78 is 24.6. The first-order valence-electron chi connectivity index (χ1n) is 5.22. The third-order valence-corrected chi connectivity index (χ3v) is 2.59. The molecule has 0 aliphatic carbocycles. The minimum atomic E-state index is -2.38. The van der Waals surface area contributed by atoms with Gasteiger partial charge in [0.25, 0.3) is 0 Å². The molecule has 1 unspecified atom stereocenters. The summed E-state index contributed by atoms with van der Waals surface area (Å²) >= 11 is -2.38. The van der Waals surface area contributed by atoms with E-state index in [1.54, 1.807) is 0 Å². The van der Waals surface area contributed by atoms with E-state index in [9.17, 15) is 8.76 Å². The Morgan fingerprint density at radius 3 is 2.88 bits per heavy atom. The number of nitrogens with zero attached hydrogens (tertiary/aromatic N) is 2. The summed E-state index contributed by atoms with van der Waals surface area (Å²) in [6.45, 7) is 6.59. The lowest BCUT2D eigenvalue weighted by Crippen LogP contribution is -2.26. The summed E-state index contributed by atoms with van der Waals surface area (Å²) in [6.07, 6.45) is 7.61. The highest BCUT2D eigenvalue weighted by Gasteiger charge is 2.09. The fourth-order valence-corrected chi connectivity index (χ4v) is 1.74. The van der Waals surface area contributed by atoms with Crippen molar-refractivity contribution in [3.8, 4) is 0 Å². The van der Waals surface area contributed by atoms with Crippen molar-refractivity contribution < 1.29 is 12.9 Å². The largest absolute Gasteiger partial charge is 0.750 e. The van der Waals surface area contributed by atoms with Crippen LogP contribution in [0, 0.1) is 0 Å². The summed E-state index contributed by atoms with van der Waals surface area (Å²) in [7, 11) is 0. The summed E-state index contributed by atoms with van der Waals surface area (Å²) in [6, 6.07) is 0. The maximum Gasteiger partial charge on any atom is 0.0896 e. The number of rotatable bonds is 8. The number of hydrogen-bond acceptors (Lipinski definition) is 5. The third kappa shape index (κ3) is 5.29. The summed E-state index contributed by atoms with van der Waals surface area (Å²) in [5, 5.41) is 0. The summed E-state index contributed by atoms with van der Waals surface area (Å²) in [4.78, 5) is 4.33. The fourth-order valence-electron chi connectivity index (χ4n) is 1.49. The molecule has 0 spiro atoms. The van der Waals surface area contributed by atoms with Crippen LogP contribution in [0.4, 0.5) is 0 Å². The molecule has 0 saturated heterocycles. The van der Waals surface area contributed by atoms with Crippen molar-refractivity contribution >= 4 is 11.4 Å². The second-order valence-corrected chi connectivity index (χ2v) is 4.19. The van der Waals surface area contributed by atoms with Gasteiger partial charge in [-0.1, -0.05) is 6.08 Å². The molecule has 0 aromatic rings. The zero-order valence-electron chi connectivity index (χ0n) is 9.21. The van der Waals surface area contributed by atoms with E-state index in [0.29, 0.717) is 0 Å². The smallest absolute Gasteiger partial charge is 0.0896 e. The maximum atomic E-state index is 10.1. The Morgan fingerprint density at radius 1 is 1.44 bits per heavy atom. The minimum Gasteiger partial charge on any atom is -0.750 e. The van der Waals surface area contributed by atoms with Crippen LogP contribution >= 0.6 is 0 Å². The van der Waals surface area contributed by atoms with Crippen LogP contribution in [0.15, 0.2) is 25.1 Å². The van der Waals surface area contributed by atoms with Gasteiger partial charge in [0.15, 0.2) is 0 Å². The lowest BCUT2D eigenvalue weighted by atomic mass is 10.3. The van der Waals surface area contributed by atoms with Crippen molar-refractivity contribution in [2.45, 2.75) is 12.8 Å². The van der Waals surface area contributed by atoms with Gasteiger partial charge in [-0.15, -0.1) is 6.58 Å². The van der Waals surface area contributed by atoms with Crippen LogP contribution in [0.25, 0.3) is 0 Å². The monoisotopic (exact) mass is 245 g/mol. The molecule has 1 heterocycles. The molecule has 1 aliphatic rings. The van der Waals surface area contributed by atoms with Crippen LogP contribution in [0.5, 0.6) is 0 Å². The Bertz CT molecular complexity index is 271. The van der Waals surface area contributed by atoms with Gasteiger partial charge in [-0.05, 0) is 12.8 Å². The van der Waals surface area contributed by atoms with Crippen LogP contribution < -0.4 is 0 Å². The highest BCUT2D eigenvalue weighted by molar-refractivity contribution is 7.74. The van der Waals surface area contributed by atoms with Crippen LogP contribution in [-0.4, -0.2) is 44.9 Å². The van der Waals surface area contributed by atoms with Crippen molar-refractivity contribution in [3.05, 3.63) is 25.1 Å². The Hall–Kier alpha value is -0.850. The Morgan fingerprint density at radius 2 is 2.19 bits per heavy atom. The van der Waals surface area contributed by atoms with Gasteiger partial charge in [0.2, 0.25) is 0 Å². The molecule has 0 N–H and O–H groups in total. The Labute approximate surface area is 98.9 Å². The first kappa shape index (κ1) is 13.2. The Kier molecular flexibility index (Phi) is 6.14. The number of hydrogen-bond donors (Lipinski definition) is 0. The topological polar surface area (TPSA) is 55.8 Å². The van der Waals surface area contributed by atoms with Gasteiger partial charge in [-0.2, -0.15) is 0 Å². The van der Waals surface area contributed by atoms with E-state index in [4.69, 9.17) is 0 Å². The quantitative estimate of drug-likeness (QED) is 0.360. The minimum absolute atomic E-state index is 0.268. The van der Waals surface area contributed by atoms with E-state index in [-0.39, 0.29) is 6.61 Å². The molecule has 0 amide bonds. The van der Waals surface area contributed by atoms with E-state index < -0.39 is 11.4 Å². The van der Waals surface area contributed by atoms with Crippen molar-refractivity contribution in [2.75, 3.05) is 26.4 Å². The molecule has 5 nitrogen and oxygen atoms in total. The molecule has 0 bridgehead atoms. The zero-order chi connectivity index (χ0) is 11.8. The molecule has 0 aromatic carbocycles. The van der Waals surface area contributed by atoms with Gasteiger partial charge in [-0.25, -0.2) is 4.21 Å². The van der Waals surface area contributed by atoms with Crippen molar-refractivity contribution in [2.24, 2.45) is 0 Å². The van der Waals surface area contributed by atoms with Crippen LogP contribution in [0.3, 0.4) is 0 Å². The fraction of sp³-hybridized carbons (Fsp3) is 0.600. The molecule has 1 aliphatic heterocycles. The molecule has 0 fully saturated rings. The second kappa shape index (κ2) is 7.43. The summed E-state index contributed by atoms with van der Waals surface area (Å²) in [5.41, 5.74) is 0. The predicted octanol–water partition coefficient (Wildman–Crippen LogP) is 0.810. The standard InChI is InChI=1S/C10H18N2O3S/c1-2-5-11-7-8-12(10-11)6-3-4-9-15-16(13)14/h2,7-8H,1,3-6,9-10H2,(H,13,14)/p-1. The number of unbranched alkanes of at least 4 members (excludes halogenated alkanes) is 1. The van der Waals surface area contributed by atoms with Gasteiger partial charge in [0.1, 0.15) is 0 Å². The summed E-state index contributed by atoms with van der Waals surface area (Å²) in [5.74, 6) is 0. The van der Waals surface area contributed by atoms with Gasteiger partial charge < -0.3 is 18.5 Å². The zero-order valence-corrected chi connectivity index (χ0v) is 10.0. The molecule has 6 heteroatoms. The van der Waals surface area contributed by atoms with Crippen LogP contribution in [0.1, 0.15) is 12.8 Å². The molecule has 0 radical (unpaired) electrons. The first-order chi connectivity index (χ1) is 7.72. The predicted molar refractivity (Wildman–Crippen MR) is 61.7 cm³/mol. The van der Waals surface area contributed by atoms with E-state index >= 15 is 0 Å². The molecule has 1 atom stereocenters. The van der Waals surface area contributed by atoms with Crippen molar-refractivity contribution in [1.82, 2.24) is 9.80 Å². The van der Waals surface area contributed by atoms with Gasteiger partial charge in [0.05, 0.1) is 24.6 Å². The van der Waals surface area contributed by atoms with Gasteiger partial charge in [0, 0.05) is 25.5 Å². The van der Waals surface area contributed by atoms with E-state index in [2.05, 4.69) is 20.6 Å². The highest BCUT2D eigenvalue weighted by Crippen LogP contribution is 2.07. The Balaban J connectivity index is 2.01. The molecular formula is C10H17N2O3S-. The molecule has 16 heavy (non-hydrogen) atoms. The second-order valence-electron chi connectivity index (χ2n) is 3.55. The van der Waals surface area contributed by atoms with Gasteiger partial charge >= 0.3 is 0 Å². The van der Waals surface area contributed by atoms with Crippen molar-refractivity contribution in [1.29, 1.82) is 0 Å². The molecule has 0 saturated carbocycles. The molecule has 92 valence electrons. The molecule has 0 aromatic heterocycles. The molecular weight excluding hydrogens is 228 g/mol. The lowest BCUT2D eigenvalue weighted by Gasteiger charge is -2.19. The highest BCUT2D eigenvalue weighted by atomic mass is 32.2. The van der Waals surface area contributed by atoms with E-state index in [1.165, 1.54) is 0 Å². The SMILES string of the molecule is C=CCN1C=CN(CCCCOS(=O)[O-])C1. The third-order valence-electron chi connectivity index (χ3n) is 2.23. The van der Waals surface area contributed by atoms with E-state index in [0.717, 1.165) is 32.6 Å². The normalized spacial score (nSPS) is 16.8. The maximum absolute atomic E-state index is 10.1. The van der Waals surface area contributed by atoms with Crippen molar-refractivity contribution in [3.63, 3.8) is 0 Å². The average molecular weight is 245 g/mol. The van der Waals surface area contributed by atoms with E-state index in [1.807, 2.05) is 18.5 Å². The molecule has 1 rings (SSSR count). The first-order valence-corrected chi connectivity index (χ1v) is 6.22. The van der Waals surface area contributed by atoms with Gasteiger partial charge in [-0.3, -0.25) is 0 Å².